The second-order valence-electron chi connectivity index (χ2n) is 4.58. The summed E-state index contributed by atoms with van der Waals surface area (Å²) in [6, 6.07) is 15.9. The van der Waals surface area contributed by atoms with Gasteiger partial charge in [-0.2, -0.15) is 4.98 Å². The molecule has 21 heavy (non-hydrogen) atoms. The molecule has 106 valence electrons. The third-order valence-corrected chi connectivity index (χ3v) is 3.58. The van der Waals surface area contributed by atoms with E-state index < -0.39 is 0 Å². The number of para-hydroxylation sites is 1. The van der Waals surface area contributed by atoms with Crippen LogP contribution in [-0.2, 0) is 0 Å². The molecule has 5 heteroatoms. The lowest BCUT2D eigenvalue weighted by atomic mass is 10.2. The summed E-state index contributed by atoms with van der Waals surface area (Å²) in [5, 5.41) is 7.55. The van der Waals surface area contributed by atoms with Gasteiger partial charge in [-0.1, -0.05) is 28.1 Å². The van der Waals surface area contributed by atoms with Gasteiger partial charge in [-0.05, 0) is 43.3 Å². The highest BCUT2D eigenvalue weighted by Crippen LogP contribution is 2.24. The first kappa shape index (κ1) is 13.8. The Balaban J connectivity index is 2.00. The van der Waals surface area contributed by atoms with E-state index in [0.29, 0.717) is 5.95 Å². The van der Waals surface area contributed by atoms with Gasteiger partial charge in [0.2, 0.25) is 5.95 Å². The number of fused-ring (bicyclic) bond motifs is 1. The van der Waals surface area contributed by atoms with Crippen LogP contribution in [0, 0.1) is 0 Å². The largest absolute Gasteiger partial charge is 0.370 e. The summed E-state index contributed by atoms with van der Waals surface area (Å²) in [6.07, 6.45) is 0. The summed E-state index contributed by atoms with van der Waals surface area (Å²) < 4.78 is 1.04. The number of hydrogen-bond donors (Lipinski definition) is 2. The predicted molar refractivity (Wildman–Crippen MR) is 91.1 cm³/mol. The number of halogens is 1. The zero-order chi connectivity index (χ0) is 14.7. The summed E-state index contributed by atoms with van der Waals surface area (Å²) in [4.78, 5) is 9.13. The first-order chi connectivity index (χ1) is 10.3. The van der Waals surface area contributed by atoms with E-state index in [-0.39, 0.29) is 0 Å². The number of aromatic nitrogens is 2. The van der Waals surface area contributed by atoms with Crippen LogP contribution in [0.15, 0.2) is 53.0 Å². The molecule has 3 rings (SSSR count). The van der Waals surface area contributed by atoms with Gasteiger partial charge in [0.05, 0.1) is 5.52 Å². The van der Waals surface area contributed by atoms with Crippen LogP contribution in [0.3, 0.4) is 0 Å². The molecule has 0 aliphatic heterocycles. The molecule has 2 aromatic carbocycles. The third kappa shape index (κ3) is 3.13. The summed E-state index contributed by atoms with van der Waals surface area (Å²) >= 11 is 3.43. The Bertz CT molecular complexity index is 756. The fraction of sp³-hybridized carbons (Fsp3) is 0.125. The molecule has 0 saturated heterocycles. The first-order valence-electron chi connectivity index (χ1n) is 6.79. The smallest absolute Gasteiger partial charge is 0.229 e. The van der Waals surface area contributed by atoms with Crippen molar-refractivity contribution in [3.8, 4) is 0 Å². The van der Waals surface area contributed by atoms with Crippen molar-refractivity contribution < 1.29 is 0 Å². The second-order valence-corrected chi connectivity index (χ2v) is 5.49. The van der Waals surface area contributed by atoms with Gasteiger partial charge in [-0.15, -0.1) is 0 Å². The lowest BCUT2D eigenvalue weighted by Gasteiger charge is -2.10. The number of nitrogens with zero attached hydrogens (tertiary/aromatic N) is 2. The number of hydrogen-bond acceptors (Lipinski definition) is 4. The van der Waals surface area contributed by atoms with Crippen molar-refractivity contribution in [3.05, 3.63) is 53.0 Å². The molecule has 0 atom stereocenters. The molecule has 4 nitrogen and oxygen atoms in total. The minimum Gasteiger partial charge on any atom is -0.370 e. The van der Waals surface area contributed by atoms with Gasteiger partial charge in [0.1, 0.15) is 5.82 Å². The molecule has 0 aliphatic carbocycles. The fourth-order valence-electron chi connectivity index (χ4n) is 2.10. The summed E-state index contributed by atoms with van der Waals surface area (Å²) in [6.45, 7) is 2.87. The Labute approximate surface area is 131 Å². The number of anilines is 3. The predicted octanol–water partition coefficient (Wildman–Crippen LogP) is 4.57. The van der Waals surface area contributed by atoms with E-state index in [9.17, 15) is 0 Å². The average molecular weight is 343 g/mol. The van der Waals surface area contributed by atoms with Crippen molar-refractivity contribution in [2.75, 3.05) is 17.2 Å². The highest BCUT2D eigenvalue weighted by molar-refractivity contribution is 9.10. The minimum atomic E-state index is 0.590. The van der Waals surface area contributed by atoms with Crippen molar-refractivity contribution in [3.63, 3.8) is 0 Å². The van der Waals surface area contributed by atoms with E-state index >= 15 is 0 Å². The fourth-order valence-corrected chi connectivity index (χ4v) is 2.36. The summed E-state index contributed by atoms with van der Waals surface area (Å²) in [7, 11) is 0. The van der Waals surface area contributed by atoms with Crippen molar-refractivity contribution in [2.24, 2.45) is 0 Å². The van der Waals surface area contributed by atoms with E-state index in [1.165, 1.54) is 0 Å². The van der Waals surface area contributed by atoms with E-state index in [2.05, 4.69) is 43.5 Å². The SMILES string of the molecule is CCNc1nc(Nc2ccc(Br)cc2)nc2ccccc12. The highest BCUT2D eigenvalue weighted by Gasteiger charge is 2.06. The van der Waals surface area contributed by atoms with Gasteiger partial charge in [0, 0.05) is 22.1 Å². The van der Waals surface area contributed by atoms with Gasteiger partial charge in [0.15, 0.2) is 0 Å². The van der Waals surface area contributed by atoms with Crippen LogP contribution < -0.4 is 10.6 Å². The second kappa shape index (κ2) is 6.10. The molecule has 0 radical (unpaired) electrons. The van der Waals surface area contributed by atoms with Crippen LogP contribution in [0.5, 0.6) is 0 Å². The van der Waals surface area contributed by atoms with Crippen molar-refractivity contribution in [1.29, 1.82) is 0 Å². The normalized spacial score (nSPS) is 10.6. The topological polar surface area (TPSA) is 49.8 Å². The lowest BCUT2D eigenvalue weighted by molar-refractivity contribution is 1.14. The van der Waals surface area contributed by atoms with Crippen molar-refractivity contribution in [2.45, 2.75) is 6.92 Å². The van der Waals surface area contributed by atoms with Crippen LogP contribution in [0.1, 0.15) is 6.92 Å². The third-order valence-electron chi connectivity index (χ3n) is 3.05. The van der Waals surface area contributed by atoms with E-state index in [1.807, 2.05) is 48.5 Å². The lowest BCUT2D eigenvalue weighted by Crippen LogP contribution is -2.04. The Morgan fingerprint density at radius 2 is 1.76 bits per heavy atom. The van der Waals surface area contributed by atoms with Gasteiger partial charge < -0.3 is 10.6 Å². The maximum absolute atomic E-state index is 4.56. The van der Waals surface area contributed by atoms with Crippen molar-refractivity contribution in [1.82, 2.24) is 9.97 Å². The van der Waals surface area contributed by atoms with E-state index in [1.54, 1.807) is 0 Å². The quantitative estimate of drug-likeness (QED) is 0.729. The Morgan fingerprint density at radius 1 is 1.00 bits per heavy atom. The van der Waals surface area contributed by atoms with Gasteiger partial charge in [-0.25, -0.2) is 4.98 Å². The van der Waals surface area contributed by atoms with Crippen LogP contribution >= 0.6 is 15.9 Å². The van der Waals surface area contributed by atoms with Gasteiger partial charge in [-0.3, -0.25) is 0 Å². The number of benzene rings is 2. The zero-order valence-corrected chi connectivity index (χ0v) is 13.2. The Morgan fingerprint density at radius 3 is 2.52 bits per heavy atom. The van der Waals surface area contributed by atoms with E-state index in [0.717, 1.165) is 33.4 Å². The molecule has 0 fully saturated rings. The maximum Gasteiger partial charge on any atom is 0.229 e. The molecule has 1 heterocycles. The molecular formula is C16H15BrN4. The van der Waals surface area contributed by atoms with Gasteiger partial charge in [0.25, 0.3) is 0 Å². The van der Waals surface area contributed by atoms with Crippen LogP contribution in [0.2, 0.25) is 0 Å². The van der Waals surface area contributed by atoms with Crippen LogP contribution in [-0.4, -0.2) is 16.5 Å². The van der Waals surface area contributed by atoms with Crippen LogP contribution in [0.4, 0.5) is 17.5 Å². The molecule has 2 N–H and O–H groups in total. The Hall–Kier alpha value is -2.14. The zero-order valence-electron chi connectivity index (χ0n) is 11.6. The molecular weight excluding hydrogens is 328 g/mol. The van der Waals surface area contributed by atoms with Gasteiger partial charge >= 0.3 is 0 Å². The molecule has 0 amide bonds. The molecule has 0 unspecified atom stereocenters. The molecule has 3 aromatic rings. The van der Waals surface area contributed by atoms with E-state index in [4.69, 9.17) is 0 Å². The maximum atomic E-state index is 4.56. The standard InChI is InChI=1S/C16H15BrN4/c1-2-18-15-13-5-3-4-6-14(13)20-16(21-15)19-12-9-7-11(17)8-10-12/h3-10H,2H2,1H3,(H2,18,19,20,21). The Kier molecular flexibility index (Phi) is 4.01. The first-order valence-corrected chi connectivity index (χ1v) is 7.59. The summed E-state index contributed by atoms with van der Waals surface area (Å²) in [5.41, 5.74) is 1.87. The molecule has 1 aromatic heterocycles. The van der Waals surface area contributed by atoms with Crippen molar-refractivity contribution >= 4 is 44.3 Å². The number of nitrogens with one attached hydrogen (secondary N) is 2. The molecule has 0 aliphatic rings. The molecule has 0 bridgehead atoms. The summed E-state index contributed by atoms with van der Waals surface area (Å²) in [5.74, 6) is 1.44. The highest BCUT2D eigenvalue weighted by atomic mass is 79.9. The molecule has 0 spiro atoms. The number of rotatable bonds is 4. The average Bonchev–Trinajstić information content (AvgIpc) is 2.50. The van der Waals surface area contributed by atoms with Crippen LogP contribution in [0.25, 0.3) is 10.9 Å². The monoisotopic (exact) mass is 342 g/mol. The molecule has 0 saturated carbocycles. The minimum absolute atomic E-state index is 0.590.